The second kappa shape index (κ2) is 7.09. The van der Waals surface area contributed by atoms with Gasteiger partial charge in [-0.3, -0.25) is 0 Å². The van der Waals surface area contributed by atoms with E-state index in [0.29, 0.717) is 5.69 Å². The summed E-state index contributed by atoms with van der Waals surface area (Å²) in [6.07, 6.45) is 5.63. The van der Waals surface area contributed by atoms with Crippen molar-refractivity contribution in [1.29, 1.82) is 0 Å². The van der Waals surface area contributed by atoms with E-state index in [1.807, 2.05) is 30.3 Å². The van der Waals surface area contributed by atoms with E-state index in [1.165, 1.54) is 12.8 Å². The number of nitrogens with zero attached hydrogens (tertiary/aromatic N) is 3. The molecule has 0 radical (unpaired) electrons. The molecule has 0 spiro atoms. The number of hydrogen-bond donors (Lipinski definition) is 2. The Labute approximate surface area is 135 Å². The SMILES string of the molecule is CC1CCN(c2ncc(NC(=O)Nc3ccccc3)cn2)CC1. The van der Waals surface area contributed by atoms with Crippen LogP contribution in [0.3, 0.4) is 0 Å². The number of hydrogen-bond acceptors (Lipinski definition) is 4. The summed E-state index contributed by atoms with van der Waals surface area (Å²) in [6, 6.07) is 8.99. The number of amides is 2. The number of carbonyl (C=O) groups is 1. The highest BCUT2D eigenvalue weighted by atomic mass is 16.2. The van der Waals surface area contributed by atoms with Crippen LogP contribution in [0.1, 0.15) is 19.8 Å². The van der Waals surface area contributed by atoms with Gasteiger partial charge in [0.15, 0.2) is 0 Å². The highest BCUT2D eigenvalue weighted by Gasteiger charge is 2.17. The number of urea groups is 1. The Bertz CT molecular complexity index is 636. The van der Waals surface area contributed by atoms with Gasteiger partial charge >= 0.3 is 6.03 Å². The van der Waals surface area contributed by atoms with Gasteiger partial charge in [0.05, 0.1) is 18.1 Å². The van der Waals surface area contributed by atoms with Crippen molar-refractivity contribution < 1.29 is 4.79 Å². The molecule has 1 saturated heterocycles. The average Bonchev–Trinajstić information content (AvgIpc) is 2.57. The van der Waals surface area contributed by atoms with Crippen molar-refractivity contribution in [3.63, 3.8) is 0 Å². The molecule has 0 atom stereocenters. The van der Waals surface area contributed by atoms with Crippen LogP contribution in [0, 0.1) is 5.92 Å². The Morgan fingerprint density at radius 3 is 2.30 bits per heavy atom. The van der Waals surface area contributed by atoms with E-state index in [1.54, 1.807) is 12.4 Å². The number of rotatable bonds is 3. The van der Waals surface area contributed by atoms with E-state index < -0.39 is 0 Å². The summed E-state index contributed by atoms with van der Waals surface area (Å²) in [5, 5.41) is 5.49. The van der Waals surface area contributed by atoms with Gasteiger partial charge in [0, 0.05) is 18.8 Å². The Kier molecular flexibility index (Phi) is 4.71. The molecule has 1 aromatic heterocycles. The van der Waals surface area contributed by atoms with Crippen LogP contribution in [-0.2, 0) is 0 Å². The molecule has 2 N–H and O–H groups in total. The van der Waals surface area contributed by atoms with E-state index in [0.717, 1.165) is 30.6 Å². The minimum atomic E-state index is -0.306. The summed E-state index contributed by atoms with van der Waals surface area (Å²) < 4.78 is 0. The standard InChI is InChI=1S/C17H21N5O/c1-13-7-9-22(10-8-13)16-18-11-15(12-19-16)21-17(23)20-14-5-3-2-4-6-14/h2-6,11-13H,7-10H2,1H3,(H2,20,21,23). The lowest BCUT2D eigenvalue weighted by Gasteiger charge is -2.30. The zero-order valence-electron chi connectivity index (χ0n) is 13.2. The van der Waals surface area contributed by atoms with Crippen LogP contribution in [0.5, 0.6) is 0 Å². The summed E-state index contributed by atoms with van der Waals surface area (Å²) in [4.78, 5) is 22.8. The molecule has 23 heavy (non-hydrogen) atoms. The number of benzene rings is 1. The van der Waals surface area contributed by atoms with Crippen molar-refractivity contribution in [3.8, 4) is 0 Å². The fourth-order valence-electron chi connectivity index (χ4n) is 2.57. The molecule has 2 amide bonds. The molecule has 1 aromatic carbocycles. The second-order valence-electron chi connectivity index (χ2n) is 5.89. The van der Waals surface area contributed by atoms with Crippen molar-refractivity contribution in [2.24, 2.45) is 5.92 Å². The van der Waals surface area contributed by atoms with Gasteiger partial charge in [-0.25, -0.2) is 14.8 Å². The van der Waals surface area contributed by atoms with Crippen LogP contribution in [0.15, 0.2) is 42.7 Å². The Morgan fingerprint density at radius 2 is 1.65 bits per heavy atom. The summed E-state index contributed by atoms with van der Waals surface area (Å²) in [6.45, 7) is 4.25. The molecule has 0 unspecified atom stereocenters. The Morgan fingerprint density at radius 1 is 1.04 bits per heavy atom. The number of nitrogens with one attached hydrogen (secondary N) is 2. The van der Waals surface area contributed by atoms with Crippen LogP contribution < -0.4 is 15.5 Å². The first kappa shape index (κ1) is 15.3. The number of carbonyl (C=O) groups excluding carboxylic acids is 1. The first-order valence-electron chi connectivity index (χ1n) is 7.91. The summed E-state index contributed by atoms with van der Waals surface area (Å²) in [5.74, 6) is 1.50. The monoisotopic (exact) mass is 311 g/mol. The van der Waals surface area contributed by atoms with Crippen molar-refractivity contribution in [3.05, 3.63) is 42.7 Å². The predicted octanol–water partition coefficient (Wildman–Crippen LogP) is 3.36. The molecular formula is C17H21N5O. The maximum atomic E-state index is 11.9. The maximum absolute atomic E-state index is 11.9. The van der Waals surface area contributed by atoms with Crippen LogP contribution in [0.4, 0.5) is 22.1 Å². The molecule has 6 nitrogen and oxygen atoms in total. The molecule has 1 aliphatic heterocycles. The van der Waals surface area contributed by atoms with Crippen LogP contribution in [-0.4, -0.2) is 29.1 Å². The molecular weight excluding hydrogens is 290 g/mol. The van der Waals surface area contributed by atoms with Crippen molar-refractivity contribution in [2.75, 3.05) is 28.6 Å². The van der Waals surface area contributed by atoms with Gasteiger partial charge in [-0.15, -0.1) is 0 Å². The number of anilines is 3. The zero-order valence-corrected chi connectivity index (χ0v) is 13.2. The van der Waals surface area contributed by atoms with Gasteiger partial charge < -0.3 is 15.5 Å². The van der Waals surface area contributed by atoms with E-state index in [-0.39, 0.29) is 6.03 Å². The van der Waals surface area contributed by atoms with Gasteiger partial charge in [-0.1, -0.05) is 25.1 Å². The fourth-order valence-corrected chi connectivity index (χ4v) is 2.57. The smallest absolute Gasteiger partial charge is 0.323 e. The molecule has 0 aliphatic carbocycles. The first-order valence-corrected chi connectivity index (χ1v) is 7.91. The third-order valence-electron chi connectivity index (χ3n) is 3.99. The number of aromatic nitrogens is 2. The van der Waals surface area contributed by atoms with Crippen molar-refractivity contribution in [2.45, 2.75) is 19.8 Å². The van der Waals surface area contributed by atoms with Gasteiger partial charge in [0.2, 0.25) is 5.95 Å². The molecule has 120 valence electrons. The van der Waals surface area contributed by atoms with Crippen LogP contribution >= 0.6 is 0 Å². The molecule has 1 fully saturated rings. The summed E-state index contributed by atoms with van der Waals surface area (Å²) >= 11 is 0. The number of piperidine rings is 1. The Hall–Kier alpha value is -2.63. The first-order chi connectivity index (χ1) is 11.2. The zero-order chi connectivity index (χ0) is 16.1. The lowest BCUT2D eigenvalue weighted by atomic mass is 10.00. The lowest BCUT2D eigenvalue weighted by molar-refractivity contribution is 0.262. The van der Waals surface area contributed by atoms with Crippen molar-refractivity contribution >= 4 is 23.4 Å². The predicted molar refractivity (Wildman–Crippen MR) is 91.7 cm³/mol. The minimum absolute atomic E-state index is 0.306. The largest absolute Gasteiger partial charge is 0.341 e. The summed E-state index contributed by atoms with van der Waals surface area (Å²) in [7, 11) is 0. The third kappa shape index (κ3) is 4.18. The highest BCUT2D eigenvalue weighted by Crippen LogP contribution is 2.20. The van der Waals surface area contributed by atoms with E-state index >= 15 is 0 Å². The maximum Gasteiger partial charge on any atom is 0.323 e. The topological polar surface area (TPSA) is 70.2 Å². The third-order valence-corrected chi connectivity index (χ3v) is 3.99. The van der Waals surface area contributed by atoms with E-state index in [9.17, 15) is 4.79 Å². The van der Waals surface area contributed by atoms with Crippen molar-refractivity contribution in [1.82, 2.24) is 9.97 Å². The quantitative estimate of drug-likeness (QED) is 0.912. The summed E-state index contributed by atoms with van der Waals surface area (Å²) in [5.41, 5.74) is 1.32. The minimum Gasteiger partial charge on any atom is -0.341 e. The van der Waals surface area contributed by atoms with Crippen LogP contribution in [0.25, 0.3) is 0 Å². The average molecular weight is 311 g/mol. The van der Waals surface area contributed by atoms with E-state index in [2.05, 4.69) is 32.4 Å². The van der Waals surface area contributed by atoms with Gasteiger partial charge in [-0.05, 0) is 30.9 Å². The van der Waals surface area contributed by atoms with Gasteiger partial charge in [-0.2, -0.15) is 0 Å². The lowest BCUT2D eigenvalue weighted by Crippen LogP contribution is -2.34. The van der Waals surface area contributed by atoms with E-state index in [4.69, 9.17) is 0 Å². The molecule has 2 aromatic rings. The van der Waals surface area contributed by atoms with Crippen LogP contribution in [0.2, 0.25) is 0 Å². The number of para-hydroxylation sites is 1. The molecule has 6 heteroatoms. The fraction of sp³-hybridized carbons (Fsp3) is 0.353. The molecule has 3 rings (SSSR count). The Balaban J connectivity index is 1.56. The highest BCUT2D eigenvalue weighted by molar-refractivity contribution is 5.99. The molecule has 0 saturated carbocycles. The second-order valence-corrected chi connectivity index (χ2v) is 5.89. The van der Waals surface area contributed by atoms with Gasteiger partial charge in [0.25, 0.3) is 0 Å². The van der Waals surface area contributed by atoms with Gasteiger partial charge in [0.1, 0.15) is 0 Å². The molecule has 2 heterocycles. The molecule has 1 aliphatic rings. The molecule has 0 bridgehead atoms. The normalized spacial score (nSPS) is 15.3.